The molecule has 0 unspecified atom stereocenters. The minimum Gasteiger partial charge on any atom is -0.461 e. The van der Waals surface area contributed by atoms with Gasteiger partial charge in [0, 0.05) is 35.9 Å². The fraction of sp³-hybridized carbons (Fsp3) is 0.381. The predicted molar refractivity (Wildman–Crippen MR) is 108 cm³/mol. The van der Waals surface area contributed by atoms with Gasteiger partial charge in [0.15, 0.2) is 5.78 Å². The monoisotopic (exact) mass is 404 g/mol. The largest absolute Gasteiger partial charge is 0.461 e. The summed E-state index contributed by atoms with van der Waals surface area (Å²) in [5.41, 5.74) is 2.45. The number of amides is 1. The molecule has 0 fully saturated rings. The highest BCUT2D eigenvalue weighted by molar-refractivity contribution is 6.30. The van der Waals surface area contributed by atoms with Crippen molar-refractivity contribution in [3.63, 3.8) is 0 Å². The molecule has 0 bridgehead atoms. The normalized spacial score (nSPS) is 11.8. The van der Waals surface area contributed by atoms with E-state index in [4.69, 9.17) is 16.3 Å². The third-order valence-electron chi connectivity index (χ3n) is 5.02. The van der Waals surface area contributed by atoms with Gasteiger partial charge in [-0.2, -0.15) is 0 Å². The second-order valence-corrected chi connectivity index (χ2v) is 7.11. The van der Waals surface area contributed by atoms with Gasteiger partial charge in [-0.3, -0.25) is 9.59 Å². The van der Waals surface area contributed by atoms with Crippen molar-refractivity contribution >= 4 is 29.3 Å². The summed E-state index contributed by atoms with van der Waals surface area (Å²) in [7, 11) is 3.30. The molecule has 0 saturated carbocycles. The van der Waals surface area contributed by atoms with Crippen LogP contribution in [-0.2, 0) is 11.8 Å². The molecule has 0 N–H and O–H groups in total. The Morgan fingerprint density at radius 3 is 2.29 bits per heavy atom. The Balaban J connectivity index is 2.34. The van der Waals surface area contributed by atoms with Crippen LogP contribution in [0.15, 0.2) is 24.3 Å². The number of hydrogen-bond acceptors (Lipinski definition) is 4. The van der Waals surface area contributed by atoms with Crippen LogP contribution in [0.5, 0.6) is 0 Å². The van der Waals surface area contributed by atoms with Crippen molar-refractivity contribution in [2.24, 2.45) is 7.05 Å². The number of rotatable bonds is 6. The van der Waals surface area contributed by atoms with E-state index in [1.54, 1.807) is 70.6 Å². The number of likely N-dealkylation sites (N-methyl/N-ethyl adjacent to an activating group) is 1. The number of esters is 1. The molecule has 0 radical (unpaired) electrons. The number of ether oxygens (including phenoxy) is 1. The first-order valence-electron chi connectivity index (χ1n) is 9.01. The molecule has 0 spiro atoms. The molecule has 1 aromatic heterocycles. The number of benzene rings is 1. The van der Waals surface area contributed by atoms with Gasteiger partial charge in [-0.05, 0) is 57.5 Å². The summed E-state index contributed by atoms with van der Waals surface area (Å²) in [5, 5.41) is 0.533. The molecule has 6 nitrogen and oxygen atoms in total. The molecular weight excluding hydrogens is 380 g/mol. The van der Waals surface area contributed by atoms with Crippen LogP contribution in [0, 0.1) is 13.8 Å². The van der Waals surface area contributed by atoms with Gasteiger partial charge in [0.25, 0.3) is 5.91 Å². The van der Waals surface area contributed by atoms with Crippen LogP contribution in [0.4, 0.5) is 0 Å². The molecule has 1 amide bonds. The quantitative estimate of drug-likeness (QED) is 0.542. The van der Waals surface area contributed by atoms with Crippen LogP contribution in [0.1, 0.15) is 56.3 Å². The molecule has 0 aliphatic carbocycles. The lowest BCUT2D eigenvalue weighted by Crippen LogP contribution is -2.40. The molecular formula is C21H25ClN2O4. The third kappa shape index (κ3) is 3.97. The van der Waals surface area contributed by atoms with Crippen LogP contribution in [0.2, 0.25) is 5.02 Å². The van der Waals surface area contributed by atoms with E-state index in [1.165, 1.54) is 4.90 Å². The van der Waals surface area contributed by atoms with E-state index in [2.05, 4.69) is 0 Å². The van der Waals surface area contributed by atoms with Crippen molar-refractivity contribution in [2.45, 2.75) is 33.7 Å². The van der Waals surface area contributed by atoms with Gasteiger partial charge in [0.2, 0.25) is 0 Å². The number of aromatic nitrogens is 1. The zero-order valence-corrected chi connectivity index (χ0v) is 17.8. The maximum Gasteiger partial charge on any atom is 0.355 e. The highest BCUT2D eigenvalue weighted by Gasteiger charge is 2.31. The van der Waals surface area contributed by atoms with E-state index in [1.807, 2.05) is 0 Å². The van der Waals surface area contributed by atoms with E-state index in [-0.39, 0.29) is 18.3 Å². The molecule has 150 valence electrons. The summed E-state index contributed by atoms with van der Waals surface area (Å²) in [4.78, 5) is 39.6. The number of carbonyl (C=O) groups is 3. The van der Waals surface area contributed by atoms with Crippen LogP contribution in [0.25, 0.3) is 0 Å². The fourth-order valence-corrected chi connectivity index (χ4v) is 3.31. The molecule has 2 aromatic rings. The molecule has 7 heteroatoms. The second-order valence-electron chi connectivity index (χ2n) is 6.68. The zero-order valence-electron chi connectivity index (χ0n) is 17.0. The van der Waals surface area contributed by atoms with Crippen LogP contribution < -0.4 is 0 Å². The van der Waals surface area contributed by atoms with Gasteiger partial charge in [0.05, 0.1) is 12.6 Å². The fourth-order valence-electron chi connectivity index (χ4n) is 3.19. The minimum absolute atomic E-state index is 0.231. The van der Waals surface area contributed by atoms with Crippen molar-refractivity contribution in [1.29, 1.82) is 0 Å². The minimum atomic E-state index is -0.710. The average molecular weight is 405 g/mol. The van der Waals surface area contributed by atoms with Gasteiger partial charge < -0.3 is 14.2 Å². The number of halogens is 1. The second kappa shape index (κ2) is 8.61. The summed E-state index contributed by atoms with van der Waals surface area (Å²) in [5.74, 6) is -0.983. The number of Topliss-reactive ketones (excluding diaryl/α,β-unsaturated/α-hetero) is 1. The van der Waals surface area contributed by atoms with Gasteiger partial charge in [-0.1, -0.05) is 11.6 Å². The smallest absolute Gasteiger partial charge is 0.355 e. The summed E-state index contributed by atoms with van der Waals surface area (Å²) in [6, 6.07) is 5.79. The number of carbonyl (C=O) groups excluding carboxylic acids is 3. The molecule has 0 aliphatic rings. The first-order valence-corrected chi connectivity index (χ1v) is 9.39. The average Bonchev–Trinajstić information content (AvgIpc) is 2.89. The van der Waals surface area contributed by atoms with E-state index in [0.29, 0.717) is 33.1 Å². The molecule has 1 atom stereocenters. The molecule has 2 rings (SSSR count). The topological polar surface area (TPSA) is 68.6 Å². The maximum atomic E-state index is 13.2. The molecule has 28 heavy (non-hydrogen) atoms. The molecule has 0 saturated heterocycles. The Morgan fingerprint density at radius 1 is 1.18 bits per heavy atom. The first-order chi connectivity index (χ1) is 13.1. The van der Waals surface area contributed by atoms with E-state index < -0.39 is 12.0 Å². The summed E-state index contributed by atoms with van der Waals surface area (Å²) in [6.07, 6.45) is 0. The lowest BCUT2D eigenvalue weighted by molar-refractivity contribution is 0.0514. The Bertz CT molecular complexity index is 915. The van der Waals surface area contributed by atoms with Gasteiger partial charge in [-0.25, -0.2) is 4.79 Å². The number of nitrogens with zero attached hydrogens (tertiary/aromatic N) is 2. The summed E-state index contributed by atoms with van der Waals surface area (Å²) < 4.78 is 6.77. The number of ketones is 1. The zero-order chi connectivity index (χ0) is 21.2. The van der Waals surface area contributed by atoms with Gasteiger partial charge >= 0.3 is 5.97 Å². The Morgan fingerprint density at radius 2 is 1.75 bits per heavy atom. The summed E-state index contributed by atoms with van der Waals surface area (Å²) in [6.45, 7) is 7.15. The molecule has 0 aliphatic heterocycles. The van der Waals surface area contributed by atoms with Crippen molar-refractivity contribution in [3.05, 3.63) is 57.4 Å². The predicted octanol–water partition coefficient (Wildman–Crippen LogP) is 3.82. The van der Waals surface area contributed by atoms with E-state index in [0.717, 1.165) is 0 Å². The van der Waals surface area contributed by atoms with Crippen LogP contribution >= 0.6 is 11.6 Å². The third-order valence-corrected chi connectivity index (χ3v) is 5.27. The molecule has 1 heterocycles. The van der Waals surface area contributed by atoms with Crippen LogP contribution in [-0.4, -0.2) is 46.8 Å². The van der Waals surface area contributed by atoms with Crippen molar-refractivity contribution in [1.82, 2.24) is 9.47 Å². The van der Waals surface area contributed by atoms with Gasteiger partial charge in [-0.15, -0.1) is 0 Å². The highest BCUT2D eigenvalue weighted by Crippen LogP contribution is 2.25. The highest BCUT2D eigenvalue weighted by atomic mass is 35.5. The lowest BCUT2D eigenvalue weighted by atomic mass is 9.99. The van der Waals surface area contributed by atoms with Crippen molar-refractivity contribution in [3.8, 4) is 0 Å². The standard InChI is InChI=1S/C21H25ClN2O4/c1-7-28-21(27)18-12(2)17(13(3)23(18)5)19(25)14(4)24(6)20(26)15-8-10-16(22)11-9-15/h8-11,14H,7H2,1-6H3/t14-/m0/s1. The number of hydrogen-bond donors (Lipinski definition) is 0. The summed E-state index contributed by atoms with van der Waals surface area (Å²) >= 11 is 5.87. The van der Waals surface area contributed by atoms with E-state index in [9.17, 15) is 14.4 Å². The van der Waals surface area contributed by atoms with Crippen LogP contribution in [0.3, 0.4) is 0 Å². The van der Waals surface area contributed by atoms with Crippen molar-refractivity contribution in [2.75, 3.05) is 13.7 Å². The van der Waals surface area contributed by atoms with Gasteiger partial charge in [0.1, 0.15) is 5.69 Å². The Hall–Kier alpha value is -2.60. The SMILES string of the molecule is CCOC(=O)c1c(C)c(C(=O)[C@H](C)N(C)C(=O)c2ccc(Cl)cc2)c(C)n1C. The Labute approximate surface area is 170 Å². The van der Waals surface area contributed by atoms with Crippen molar-refractivity contribution < 1.29 is 19.1 Å². The first kappa shape index (κ1) is 21.7. The molecule has 1 aromatic carbocycles. The van der Waals surface area contributed by atoms with E-state index >= 15 is 0 Å². The maximum absolute atomic E-state index is 13.2. The Kier molecular flexibility index (Phi) is 6.67. The lowest BCUT2D eigenvalue weighted by Gasteiger charge is -2.24.